The summed E-state index contributed by atoms with van der Waals surface area (Å²) in [7, 11) is 1.73. The van der Waals surface area contributed by atoms with Gasteiger partial charge >= 0.3 is 0 Å². The van der Waals surface area contributed by atoms with Gasteiger partial charge in [0.05, 0.1) is 6.61 Å². The third kappa shape index (κ3) is 4.94. The van der Waals surface area contributed by atoms with Crippen LogP contribution in [0.15, 0.2) is 24.3 Å². The maximum Gasteiger partial charge on any atom is 0.0713 e. The summed E-state index contributed by atoms with van der Waals surface area (Å²) in [5, 5.41) is 3.53. The van der Waals surface area contributed by atoms with Gasteiger partial charge in [-0.25, -0.2) is 0 Å². The third-order valence-corrected chi connectivity index (χ3v) is 3.71. The Morgan fingerprint density at radius 3 is 2.47 bits per heavy atom. The van der Waals surface area contributed by atoms with E-state index in [-0.39, 0.29) is 0 Å². The first-order valence-corrected chi connectivity index (χ1v) is 7.35. The van der Waals surface area contributed by atoms with Gasteiger partial charge in [0.15, 0.2) is 0 Å². The van der Waals surface area contributed by atoms with Gasteiger partial charge in [-0.1, -0.05) is 31.2 Å². The molecule has 0 spiro atoms. The Labute approximate surface area is 116 Å². The zero-order valence-electron chi connectivity index (χ0n) is 12.2. The van der Waals surface area contributed by atoms with Gasteiger partial charge in [0.2, 0.25) is 0 Å². The molecule has 0 heterocycles. The summed E-state index contributed by atoms with van der Waals surface area (Å²) in [6, 6.07) is 9.52. The number of rotatable bonds is 9. The van der Waals surface area contributed by atoms with E-state index in [4.69, 9.17) is 4.74 Å². The number of benzene rings is 1. The highest BCUT2D eigenvalue weighted by atomic mass is 16.5. The fourth-order valence-electron chi connectivity index (χ4n) is 2.41. The van der Waals surface area contributed by atoms with Crippen LogP contribution in [-0.4, -0.2) is 37.7 Å². The van der Waals surface area contributed by atoms with E-state index in [2.05, 4.69) is 41.4 Å². The van der Waals surface area contributed by atoms with Gasteiger partial charge in [0, 0.05) is 32.8 Å². The first-order valence-electron chi connectivity index (χ1n) is 7.35. The number of nitrogens with zero attached hydrogens (tertiary/aromatic N) is 1. The van der Waals surface area contributed by atoms with Crippen LogP contribution < -0.4 is 5.32 Å². The molecule has 1 aromatic rings. The highest BCUT2D eigenvalue weighted by Crippen LogP contribution is 2.25. The molecule has 0 atom stereocenters. The molecular formula is C16H26N2O. The van der Waals surface area contributed by atoms with Gasteiger partial charge in [0.1, 0.15) is 0 Å². The summed E-state index contributed by atoms with van der Waals surface area (Å²) in [4.78, 5) is 2.58. The molecule has 106 valence electrons. The van der Waals surface area contributed by atoms with Gasteiger partial charge in [-0.3, -0.25) is 4.90 Å². The summed E-state index contributed by atoms with van der Waals surface area (Å²) in [5.41, 5.74) is 2.58. The average Bonchev–Trinajstić information content (AvgIpc) is 3.26. The normalized spacial score (nSPS) is 15.1. The molecular weight excluding hydrogens is 236 g/mol. The van der Waals surface area contributed by atoms with Crippen LogP contribution >= 0.6 is 0 Å². The topological polar surface area (TPSA) is 24.5 Å². The Balaban J connectivity index is 1.64. The molecule has 1 aliphatic rings. The molecule has 19 heavy (non-hydrogen) atoms. The summed E-state index contributed by atoms with van der Waals surface area (Å²) >= 11 is 0. The standard InChI is InChI=1S/C16H26N2O/c1-3-18(16-8-9-16)11-10-17-12-14-4-6-15(7-5-14)13-19-2/h4-7,16-17H,3,8-13H2,1-2H3. The molecule has 0 amide bonds. The van der Waals surface area contributed by atoms with Crippen LogP contribution in [0, 0.1) is 0 Å². The van der Waals surface area contributed by atoms with E-state index in [1.54, 1.807) is 7.11 Å². The van der Waals surface area contributed by atoms with E-state index in [1.165, 1.54) is 37.1 Å². The van der Waals surface area contributed by atoms with Gasteiger partial charge in [-0.05, 0) is 30.5 Å². The van der Waals surface area contributed by atoms with E-state index in [0.717, 1.165) is 19.1 Å². The molecule has 1 aromatic carbocycles. The lowest BCUT2D eigenvalue weighted by molar-refractivity contribution is 0.185. The van der Waals surface area contributed by atoms with Crippen molar-refractivity contribution in [3.05, 3.63) is 35.4 Å². The highest BCUT2D eigenvalue weighted by molar-refractivity contribution is 5.21. The Hall–Kier alpha value is -0.900. The lowest BCUT2D eigenvalue weighted by Gasteiger charge is -2.19. The van der Waals surface area contributed by atoms with Crippen molar-refractivity contribution < 1.29 is 4.74 Å². The molecule has 0 aliphatic heterocycles. The fraction of sp³-hybridized carbons (Fsp3) is 0.625. The number of likely N-dealkylation sites (N-methyl/N-ethyl adjacent to an activating group) is 1. The Morgan fingerprint density at radius 2 is 1.89 bits per heavy atom. The minimum absolute atomic E-state index is 0.695. The molecule has 1 N–H and O–H groups in total. The number of ether oxygens (including phenoxy) is 1. The zero-order chi connectivity index (χ0) is 13.5. The predicted octanol–water partition coefficient (Wildman–Crippen LogP) is 2.41. The van der Waals surface area contributed by atoms with Crippen molar-refractivity contribution in [1.29, 1.82) is 0 Å². The van der Waals surface area contributed by atoms with Crippen LogP contribution in [0.25, 0.3) is 0 Å². The van der Waals surface area contributed by atoms with Crippen LogP contribution in [0.1, 0.15) is 30.9 Å². The minimum Gasteiger partial charge on any atom is -0.380 e. The maximum absolute atomic E-state index is 5.11. The second-order valence-corrected chi connectivity index (χ2v) is 5.29. The second-order valence-electron chi connectivity index (χ2n) is 5.29. The number of methoxy groups -OCH3 is 1. The van der Waals surface area contributed by atoms with Gasteiger partial charge in [-0.15, -0.1) is 0 Å². The van der Waals surface area contributed by atoms with E-state index >= 15 is 0 Å². The highest BCUT2D eigenvalue weighted by Gasteiger charge is 2.26. The first-order chi connectivity index (χ1) is 9.33. The lowest BCUT2D eigenvalue weighted by atomic mass is 10.1. The quantitative estimate of drug-likeness (QED) is 0.692. The number of hydrogen-bond donors (Lipinski definition) is 1. The molecule has 0 bridgehead atoms. The average molecular weight is 262 g/mol. The van der Waals surface area contributed by atoms with Crippen molar-refractivity contribution >= 4 is 0 Å². The molecule has 0 unspecified atom stereocenters. The molecule has 2 rings (SSSR count). The van der Waals surface area contributed by atoms with Crippen LogP contribution in [0.5, 0.6) is 0 Å². The smallest absolute Gasteiger partial charge is 0.0713 e. The van der Waals surface area contributed by atoms with Crippen molar-refractivity contribution in [3.63, 3.8) is 0 Å². The van der Waals surface area contributed by atoms with Crippen LogP contribution in [-0.2, 0) is 17.9 Å². The summed E-state index contributed by atoms with van der Waals surface area (Å²) in [6.45, 7) is 7.33. The second kappa shape index (κ2) is 7.63. The molecule has 1 aliphatic carbocycles. The fourth-order valence-corrected chi connectivity index (χ4v) is 2.41. The predicted molar refractivity (Wildman–Crippen MR) is 79.1 cm³/mol. The van der Waals surface area contributed by atoms with Gasteiger partial charge < -0.3 is 10.1 Å². The zero-order valence-corrected chi connectivity index (χ0v) is 12.2. The molecule has 3 heteroatoms. The Morgan fingerprint density at radius 1 is 1.21 bits per heavy atom. The van der Waals surface area contributed by atoms with Crippen molar-refractivity contribution in [2.45, 2.75) is 39.0 Å². The maximum atomic E-state index is 5.11. The number of hydrogen-bond acceptors (Lipinski definition) is 3. The van der Waals surface area contributed by atoms with Gasteiger partial charge in [-0.2, -0.15) is 0 Å². The van der Waals surface area contributed by atoms with E-state index in [0.29, 0.717) is 6.61 Å². The first kappa shape index (κ1) is 14.5. The molecule has 0 aromatic heterocycles. The largest absolute Gasteiger partial charge is 0.380 e. The Kier molecular flexibility index (Phi) is 5.83. The molecule has 1 fully saturated rings. The molecule has 3 nitrogen and oxygen atoms in total. The Bertz CT molecular complexity index is 360. The van der Waals surface area contributed by atoms with Crippen molar-refractivity contribution in [2.24, 2.45) is 0 Å². The summed E-state index contributed by atoms with van der Waals surface area (Å²) < 4.78 is 5.11. The monoisotopic (exact) mass is 262 g/mol. The third-order valence-electron chi connectivity index (χ3n) is 3.71. The summed E-state index contributed by atoms with van der Waals surface area (Å²) in [5.74, 6) is 0. The number of nitrogens with one attached hydrogen (secondary N) is 1. The van der Waals surface area contributed by atoms with E-state index in [9.17, 15) is 0 Å². The van der Waals surface area contributed by atoms with E-state index in [1.807, 2.05) is 0 Å². The minimum atomic E-state index is 0.695. The molecule has 0 radical (unpaired) electrons. The van der Waals surface area contributed by atoms with Crippen molar-refractivity contribution in [2.75, 3.05) is 26.7 Å². The van der Waals surface area contributed by atoms with Crippen molar-refractivity contribution in [3.8, 4) is 0 Å². The van der Waals surface area contributed by atoms with Gasteiger partial charge in [0.25, 0.3) is 0 Å². The SMILES string of the molecule is CCN(CCNCc1ccc(COC)cc1)C1CC1. The van der Waals surface area contributed by atoms with Crippen LogP contribution in [0.3, 0.4) is 0 Å². The molecule has 0 saturated heterocycles. The van der Waals surface area contributed by atoms with Crippen LogP contribution in [0.2, 0.25) is 0 Å². The van der Waals surface area contributed by atoms with Crippen molar-refractivity contribution in [1.82, 2.24) is 10.2 Å². The van der Waals surface area contributed by atoms with E-state index < -0.39 is 0 Å². The molecule has 1 saturated carbocycles. The van der Waals surface area contributed by atoms with Crippen LogP contribution in [0.4, 0.5) is 0 Å². The lowest BCUT2D eigenvalue weighted by Crippen LogP contribution is -2.33. The summed E-state index contributed by atoms with van der Waals surface area (Å²) in [6.07, 6.45) is 2.80.